The van der Waals surface area contributed by atoms with Crippen LogP contribution in [0.25, 0.3) is 17.4 Å². The fourth-order valence-electron chi connectivity index (χ4n) is 6.90. The molecule has 3 atom stereocenters. The highest BCUT2D eigenvalue weighted by Gasteiger charge is 2.48. The van der Waals surface area contributed by atoms with Gasteiger partial charge in [0.1, 0.15) is 21.6 Å². The zero-order valence-electron chi connectivity index (χ0n) is 24.3. The molecule has 1 amide bonds. The van der Waals surface area contributed by atoms with Gasteiger partial charge in [-0.3, -0.25) is 9.69 Å². The van der Waals surface area contributed by atoms with E-state index in [9.17, 15) is 18.0 Å². The number of hydrogen-bond donors (Lipinski definition) is 1. The molecule has 3 heterocycles. The van der Waals surface area contributed by atoms with E-state index in [2.05, 4.69) is 15.0 Å². The quantitative estimate of drug-likeness (QED) is 0.156. The van der Waals surface area contributed by atoms with Gasteiger partial charge in [-0.1, -0.05) is 36.8 Å². The van der Waals surface area contributed by atoms with Crippen molar-refractivity contribution in [2.75, 3.05) is 32.7 Å². The Hall–Kier alpha value is -1.76. The summed E-state index contributed by atoms with van der Waals surface area (Å²) in [5, 5.41) is 3.38. The molecular weight excluding hydrogens is 654 g/mol. The van der Waals surface area contributed by atoms with Crippen LogP contribution in [-0.2, 0) is 11.2 Å². The molecule has 6 nitrogen and oxygen atoms in total. The molecule has 242 valence electrons. The second-order valence-electron chi connectivity index (χ2n) is 11.8. The third-order valence-electron chi connectivity index (χ3n) is 8.96. The predicted octanol–water partition coefficient (Wildman–Crippen LogP) is 7.70. The average molecular weight is 693 g/mol. The van der Waals surface area contributed by atoms with Crippen LogP contribution in [0.15, 0.2) is 39.7 Å². The number of fused-ring (bicyclic) bond motifs is 2. The summed E-state index contributed by atoms with van der Waals surface area (Å²) in [4.78, 5) is 18.5. The molecule has 4 fully saturated rings. The minimum absolute atomic E-state index is 0. The molecule has 3 unspecified atom stereocenters. The molecule has 2 aromatic rings. The van der Waals surface area contributed by atoms with E-state index in [1.807, 2.05) is 17.0 Å². The van der Waals surface area contributed by atoms with Gasteiger partial charge in [-0.25, -0.2) is 0 Å². The Morgan fingerprint density at radius 2 is 1.82 bits per heavy atom. The number of ether oxygens (including phenoxy) is 1. The van der Waals surface area contributed by atoms with Crippen LogP contribution in [0.5, 0.6) is 5.75 Å². The van der Waals surface area contributed by atoms with Gasteiger partial charge in [0.2, 0.25) is 0 Å². The van der Waals surface area contributed by atoms with Gasteiger partial charge in [-0.2, -0.15) is 0 Å². The predicted molar refractivity (Wildman–Crippen MR) is 176 cm³/mol. The molecule has 2 bridgehead atoms. The van der Waals surface area contributed by atoms with Crippen molar-refractivity contribution in [3.63, 3.8) is 0 Å². The maximum Gasteiger partial charge on any atom is 0.573 e. The van der Waals surface area contributed by atoms with Gasteiger partial charge in [0.25, 0.3) is 5.91 Å². The maximum atomic E-state index is 13.6. The second-order valence-corrected chi connectivity index (χ2v) is 13.4. The number of carbonyl (C=O) groups is 1. The van der Waals surface area contributed by atoms with Crippen molar-refractivity contribution < 1.29 is 27.1 Å². The summed E-state index contributed by atoms with van der Waals surface area (Å²) in [5.74, 6) is 2.05. The lowest BCUT2D eigenvalue weighted by atomic mass is 9.94. The summed E-state index contributed by atoms with van der Waals surface area (Å²) in [5.41, 5.74) is 1.62. The van der Waals surface area contributed by atoms with Crippen molar-refractivity contribution in [1.82, 2.24) is 15.1 Å². The van der Waals surface area contributed by atoms with Crippen molar-refractivity contribution in [1.29, 1.82) is 0 Å². The van der Waals surface area contributed by atoms with Crippen molar-refractivity contribution in [2.45, 2.75) is 63.8 Å². The van der Waals surface area contributed by atoms with Crippen LogP contribution in [0.2, 0.25) is 0 Å². The molecule has 1 aromatic carbocycles. The second kappa shape index (κ2) is 15.2. The van der Waals surface area contributed by atoms with Gasteiger partial charge in [-0.15, -0.1) is 38.0 Å². The van der Waals surface area contributed by atoms with Crippen LogP contribution >= 0.6 is 48.8 Å². The minimum atomic E-state index is -4.75. The maximum absolute atomic E-state index is 13.6. The first-order chi connectivity index (χ1) is 20.2. The molecule has 0 radical (unpaired) electrons. The Morgan fingerprint density at radius 1 is 1.07 bits per heavy atom. The topological polar surface area (TPSA) is 58.0 Å². The van der Waals surface area contributed by atoms with Crippen LogP contribution in [-0.4, -0.2) is 65.2 Å². The Bertz CT molecular complexity index is 1330. The number of furan rings is 1. The van der Waals surface area contributed by atoms with Gasteiger partial charge in [0.15, 0.2) is 0 Å². The molecule has 4 aliphatic rings. The average Bonchev–Trinajstić information content (AvgIpc) is 3.74. The Morgan fingerprint density at radius 3 is 2.48 bits per heavy atom. The summed E-state index contributed by atoms with van der Waals surface area (Å²) < 4.78 is 48.8. The first-order valence-corrected chi connectivity index (χ1v) is 16.1. The summed E-state index contributed by atoms with van der Waals surface area (Å²) in [7, 11) is 0. The van der Waals surface area contributed by atoms with E-state index in [4.69, 9.17) is 16.6 Å². The number of nitrogens with zero attached hydrogens (tertiary/aromatic N) is 2. The van der Waals surface area contributed by atoms with Crippen LogP contribution in [0.4, 0.5) is 13.2 Å². The summed E-state index contributed by atoms with van der Waals surface area (Å²) in [6, 6.07) is 7.80. The van der Waals surface area contributed by atoms with Crippen LogP contribution < -0.4 is 10.1 Å². The van der Waals surface area contributed by atoms with E-state index < -0.39 is 6.36 Å². The molecule has 13 heteroatoms. The van der Waals surface area contributed by atoms with E-state index in [1.165, 1.54) is 43.2 Å². The van der Waals surface area contributed by atoms with E-state index >= 15 is 0 Å². The smallest absolute Gasteiger partial charge is 0.456 e. The molecule has 6 rings (SSSR count). The molecule has 1 N–H and O–H groups in total. The third kappa shape index (κ3) is 8.33. The molecule has 2 saturated carbocycles. The van der Waals surface area contributed by atoms with Gasteiger partial charge in [0, 0.05) is 43.9 Å². The molecule has 1 aromatic heterocycles. The summed E-state index contributed by atoms with van der Waals surface area (Å²) in [6.07, 6.45) is 5.63. The lowest BCUT2D eigenvalue weighted by Gasteiger charge is -2.30. The number of rotatable bonds is 10. The highest BCUT2D eigenvalue weighted by molar-refractivity contribution is 8.26. The fraction of sp³-hybridized carbons (Fsp3) is 0.548. The van der Waals surface area contributed by atoms with Crippen molar-refractivity contribution in [3.05, 3.63) is 46.6 Å². The van der Waals surface area contributed by atoms with E-state index in [1.54, 1.807) is 12.1 Å². The largest absolute Gasteiger partial charge is 0.573 e. The normalized spacial score (nSPS) is 24.6. The van der Waals surface area contributed by atoms with E-state index in [-0.39, 0.29) is 42.5 Å². The van der Waals surface area contributed by atoms with E-state index in [0.29, 0.717) is 38.1 Å². The highest BCUT2D eigenvalue weighted by atomic mass is 35.5. The number of halogens is 5. The number of aryl methyl sites for hydroxylation is 1. The zero-order valence-corrected chi connectivity index (χ0v) is 27.5. The van der Waals surface area contributed by atoms with Crippen LogP contribution in [0, 0.1) is 11.8 Å². The highest BCUT2D eigenvalue weighted by Crippen LogP contribution is 2.49. The summed E-state index contributed by atoms with van der Waals surface area (Å²) in [6.45, 7) is 5.34. The number of carbonyl (C=O) groups excluding carboxylic acids is 1. The number of unbranched alkanes of at least 4 members (excludes halogenated alkanes) is 2. The molecule has 0 spiro atoms. The van der Waals surface area contributed by atoms with E-state index in [0.717, 1.165) is 70.4 Å². The minimum Gasteiger partial charge on any atom is -0.456 e. The van der Waals surface area contributed by atoms with Crippen molar-refractivity contribution in [3.8, 4) is 17.1 Å². The lowest BCUT2D eigenvalue weighted by Crippen LogP contribution is -2.43. The Balaban J connectivity index is 0.00000221. The third-order valence-corrected chi connectivity index (χ3v) is 10.3. The molecule has 2 aliphatic heterocycles. The molecule has 2 saturated heterocycles. The molecule has 2 aliphatic carbocycles. The number of nitrogens with one attached hydrogen (secondary N) is 1. The number of amides is 1. The Labute approximate surface area is 278 Å². The van der Waals surface area contributed by atoms with Crippen molar-refractivity contribution >= 4 is 65.1 Å². The first kappa shape index (κ1) is 35.1. The Kier molecular flexibility index (Phi) is 12.1. The number of thioether (sulfide) groups is 1. The number of alkyl halides is 3. The summed E-state index contributed by atoms with van der Waals surface area (Å²) >= 11 is 7.01. The fourth-order valence-corrected chi connectivity index (χ4v) is 8.24. The lowest BCUT2D eigenvalue weighted by molar-refractivity contribution is -0.274. The number of hydrogen-bond acceptors (Lipinski definition) is 7. The van der Waals surface area contributed by atoms with Crippen molar-refractivity contribution in [2.24, 2.45) is 11.8 Å². The number of benzene rings is 1. The van der Waals surface area contributed by atoms with Crippen LogP contribution in [0.3, 0.4) is 0 Å². The number of thiocarbonyl (C=S) groups is 1. The monoisotopic (exact) mass is 691 g/mol. The SMILES string of the molecule is Cl.Cl.O=C1/C(=C/c2oc(-c3ccc(OC(F)(F)F)cc3)cc2CCCCCN2CCNCC2)SC(=S)N1C1CC2CCC1C2. The van der Waals surface area contributed by atoms with Gasteiger partial charge in [-0.05, 0) is 92.8 Å². The van der Waals surface area contributed by atoms with Gasteiger partial charge in [0.05, 0.1) is 4.91 Å². The standard InChI is InChI=1S/C31H36F3N3O3S2.2ClH/c32-31(33,34)40-24-9-7-21(8-10-24)26-18-23(4-2-1-3-13-36-14-11-35-12-15-36)27(39-26)19-28-29(38)37(30(41)42-28)25-17-20-5-6-22(25)16-20;;/h7-10,18-20,22,25,35H,1-6,11-17H2;2*1H/b28-19-;;. The number of piperazine rings is 1. The zero-order chi connectivity index (χ0) is 29.3. The van der Waals surface area contributed by atoms with Gasteiger partial charge >= 0.3 is 6.36 Å². The first-order valence-electron chi connectivity index (χ1n) is 14.9. The molecular formula is C31H38Cl2F3N3O3S2. The molecule has 44 heavy (non-hydrogen) atoms. The van der Waals surface area contributed by atoms with Crippen LogP contribution in [0.1, 0.15) is 56.3 Å². The van der Waals surface area contributed by atoms with Gasteiger partial charge < -0.3 is 19.4 Å².